The second-order valence-electron chi connectivity index (χ2n) is 5.01. The summed E-state index contributed by atoms with van der Waals surface area (Å²) in [5.41, 5.74) is -3.62. The molecule has 1 aromatic carbocycles. The molecular formula is C13H14F3NO2. The van der Waals surface area contributed by atoms with Crippen molar-refractivity contribution in [2.24, 2.45) is 0 Å². The number of hydrogen-bond donors (Lipinski definition) is 1. The van der Waals surface area contributed by atoms with E-state index >= 15 is 0 Å². The van der Waals surface area contributed by atoms with Crippen LogP contribution >= 0.6 is 0 Å². The lowest BCUT2D eigenvalue weighted by atomic mass is 9.87. The molecule has 19 heavy (non-hydrogen) atoms. The van der Waals surface area contributed by atoms with Crippen LogP contribution in [0.25, 0.3) is 0 Å². The number of carbonyl (C=O) groups excluding carboxylic acids is 1. The Morgan fingerprint density at radius 1 is 1.32 bits per heavy atom. The van der Waals surface area contributed by atoms with Crippen molar-refractivity contribution in [3.8, 4) is 0 Å². The van der Waals surface area contributed by atoms with Gasteiger partial charge in [0.15, 0.2) is 5.54 Å². The molecule has 0 saturated carbocycles. The Kier molecular flexibility index (Phi) is 3.30. The molecule has 1 amide bonds. The normalized spacial score (nSPS) is 26.3. The van der Waals surface area contributed by atoms with Gasteiger partial charge in [0, 0.05) is 5.56 Å². The highest BCUT2D eigenvalue weighted by molar-refractivity contribution is 5.86. The standard InChI is InChI=1S/C13H14F3NO2/c1-12(2)11(18)17-13(7-19-12,10(15)16)8-5-3-4-6-9(8)14/h3-6,10H,7H2,1-2H3,(H,17,18). The third-order valence-electron chi connectivity index (χ3n) is 3.27. The van der Waals surface area contributed by atoms with Gasteiger partial charge < -0.3 is 10.1 Å². The maximum atomic E-state index is 13.8. The van der Waals surface area contributed by atoms with Gasteiger partial charge in [0.2, 0.25) is 0 Å². The maximum absolute atomic E-state index is 13.8. The highest BCUT2D eigenvalue weighted by atomic mass is 19.3. The number of morpholine rings is 1. The van der Waals surface area contributed by atoms with E-state index in [1.807, 2.05) is 0 Å². The minimum atomic E-state index is -2.98. The molecule has 1 aliphatic rings. The molecular weight excluding hydrogens is 259 g/mol. The van der Waals surface area contributed by atoms with Gasteiger partial charge >= 0.3 is 0 Å². The Morgan fingerprint density at radius 3 is 2.47 bits per heavy atom. The van der Waals surface area contributed by atoms with Gasteiger partial charge in [-0.25, -0.2) is 13.2 Å². The molecule has 0 aromatic heterocycles. The zero-order valence-corrected chi connectivity index (χ0v) is 10.5. The molecule has 6 heteroatoms. The topological polar surface area (TPSA) is 38.3 Å². The summed E-state index contributed by atoms with van der Waals surface area (Å²) < 4.78 is 45.8. The summed E-state index contributed by atoms with van der Waals surface area (Å²) in [4.78, 5) is 11.8. The van der Waals surface area contributed by atoms with Gasteiger partial charge in [-0.15, -0.1) is 0 Å². The Hall–Kier alpha value is -1.56. The second kappa shape index (κ2) is 4.52. The molecule has 0 bridgehead atoms. The Bertz CT molecular complexity index is 504. The van der Waals surface area contributed by atoms with Crippen LogP contribution in [0.2, 0.25) is 0 Å². The highest BCUT2D eigenvalue weighted by Gasteiger charge is 2.52. The second-order valence-corrected chi connectivity index (χ2v) is 5.01. The van der Waals surface area contributed by atoms with Crippen molar-refractivity contribution < 1.29 is 22.7 Å². The monoisotopic (exact) mass is 273 g/mol. The minimum Gasteiger partial charge on any atom is -0.363 e. The van der Waals surface area contributed by atoms with E-state index in [4.69, 9.17) is 4.74 Å². The van der Waals surface area contributed by atoms with Gasteiger partial charge in [-0.3, -0.25) is 4.79 Å². The third-order valence-corrected chi connectivity index (χ3v) is 3.27. The fourth-order valence-electron chi connectivity index (χ4n) is 1.95. The van der Waals surface area contributed by atoms with Crippen molar-refractivity contribution in [1.29, 1.82) is 0 Å². The predicted octanol–water partition coefficient (Wildman–Crippen LogP) is 2.21. The minimum absolute atomic E-state index is 0.270. The lowest BCUT2D eigenvalue weighted by molar-refractivity contribution is -0.172. The van der Waals surface area contributed by atoms with Crippen molar-refractivity contribution in [2.75, 3.05) is 6.61 Å². The van der Waals surface area contributed by atoms with Crippen LogP contribution in [0.1, 0.15) is 19.4 Å². The van der Waals surface area contributed by atoms with Gasteiger partial charge in [0.1, 0.15) is 11.4 Å². The van der Waals surface area contributed by atoms with Crippen LogP contribution in [0.4, 0.5) is 13.2 Å². The molecule has 1 unspecified atom stereocenters. The summed E-state index contributed by atoms with van der Waals surface area (Å²) in [7, 11) is 0. The molecule has 1 aliphatic heterocycles. The molecule has 0 spiro atoms. The van der Waals surface area contributed by atoms with Gasteiger partial charge in [0.05, 0.1) is 6.61 Å². The molecule has 1 aromatic rings. The van der Waals surface area contributed by atoms with Crippen LogP contribution in [0.3, 0.4) is 0 Å². The fourth-order valence-corrected chi connectivity index (χ4v) is 1.95. The predicted molar refractivity (Wildman–Crippen MR) is 62.3 cm³/mol. The Labute approximate surface area is 108 Å². The average molecular weight is 273 g/mol. The van der Waals surface area contributed by atoms with Crippen molar-refractivity contribution in [1.82, 2.24) is 5.32 Å². The van der Waals surface area contributed by atoms with Crippen molar-refractivity contribution in [2.45, 2.75) is 31.4 Å². The number of rotatable bonds is 2. The SMILES string of the molecule is CC1(C)OCC(c2ccccc2F)(C(F)F)NC1=O. The first-order valence-electron chi connectivity index (χ1n) is 5.79. The van der Waals surface area contributed by atoms with E-state index in [1.54, 1.807) is 0 Å². The summed E-state index contributed by atoms with van der Waals surface area (Å²) in [6, 6.07) is 5.14. The number of alkyl halides is 2. The molecule has 0 radical (unpaired) electrons. The van der Waals surface area contributed by atoms with Crippen molar-refractivity contribution in [3.05, 3.63) is 35.6 Å². The molecule has 2 rings (SSSR count). The smallest absolute Gasteiger partial charge is 0.267 e. The van der Waals surface area contributed by atoms with E-state index < -0.39 is 35.9 Å². The van der Waals surface area contributed by atoms with Crippen LogP contribution < -0.4 is 5.32 Å². The summed E-state index contributed by atoms with van der Waals surface area (Å²) in [6.07, 6.45) is -2.98. The van der Waals surface area contributed by atoms with Crippen LogP contribution in [-0.2, 0) is 15.1 Å². The number of carbonyl (C=O) groups is 1. The Morgan fingerprint density at radius 2 is 1.95 bits per heavy atom. The molecule has 1 atom stereocenters. The van der Waals surface area contributed by atoms with E-state index in [2.05, 4.69) is 5.32 Å². The van der Waals surface area contributed by atoms with Gasteiger partial charge in [0.25, 0.3) is 12.3 Å². The van der Waals surface area contributed by atoms with E-state index in [9.17, 15) is 18.0 Å². The van der Waals surface area contributed by atoms with Crippen molar-refractivity contribution in [3.63, 3.8) is 0 Å². The first-order chi connectivity index (χ1) is 8.79. The van der Waals surface area contributed by atoms with Crippen LogP contribution in [0.5, 0.6) is 0 Å². The number of ether oxygens (including phenoxy) is 1. The maximum Gasteiger partial charge on any atom is 0.267 e. The lowest BCUT2D eigenvalue weighted by Gasteiger charge is -2.43. The molecule has 3 nitrogen and oxygen atoms in total. The number of halogens is 3. The van der Waals surface area contributed by atoms with Gasteiger partial charge in [-0.2, -0.15) is 0 Å². The Balaban J connectivity index is 2.47. The number of amides is 1. The van der Waals surface area contributed by atoms with Crippen LogP contribution in [0, 0.1) is 5.82 Å². The molecule has 1 saturated heterocycles. The zero-order valence-electron chi connectivity index (χ0n) is 10.5. The summed E-state index contributed by atoms with van der Waals surface area (Å²) in [5, 5.41) is 2.22. The number of nitrogens with one attached hydrogen (secondary N) is 1. The van der Waals surface area contributed by atoms with Crippen LogP contribution in [0.15, 0.2) is 24.3 Å². The molecule has 1 fully saturated rings. The molecule has 0 aliphatic carbocycles. The zero-order chi connectivity index (χ0) is 14.3. The summed E-state index contributed by atoms with van der Waals surface area (Å²) in [5.74, 6) is -1.49. The molecule has 1 heterocycles. The van der Waals surface area contributed by atoms with Gasteiger partial charge in [-0.05, 0) is 19.9 Å². The first kappa shape index (κ1) is 13.9. The van der Waals surface area contributed by atoms with Crippen LogP contribution in [-0.4, -0.2) is 24.5 Å². The lowest BCUT2D eigenvalue weighted by Crippen LogP contribution is -2.65. The van der Waals surface area contributed by atoms with Gasteiger partial charge in [-0.1, -0.05) is 18.2 Å². The largest absolute Gasteiger partial charge is 0.363 e. The molecule has 1 N–H and O–H groups in total. The van der Waals surface area contributed by atoms with E-state index in [1.165, 1.54) is 32.0 Å². The number of hydrogen-bond acceptors (Lipinski definition) is 2. The number of benzene rings is 1. The van der Waals surface area contributed by atoms with Crippen molar-refractivity contribution >= 4 is 5.91 Å². The highest BCUT2D eigenvalue weighted by Crippen LogP contribution is 2.35. The average Bonchev–Trinajstić information content (AvgIpc) is 2.33. The third kappa shape index (κ3) is 2.20. The first-order valence-corrected chi connectivity index (χ1v) is 5.79. The van der Waals surface area contributed by atoms with E-state index in [-0.39, 0.29) is 5.56 Å². The quantitative estimate of drug-likeness (QED) is 0.897. The van der Waals surface area contributed by atoms with E-state index in [0.717, 1.165) is 6.07 Å². The molecule has 104 valence electrons. The summed E-state index contributed by atoms with van der Waals surface area (Å²) >= 11 is 0. The van der Waals surface area contributed by atoms with E-state index in [0.29, 0.717) is 0 Å². The fraction of sp³-hybridized carbons (Fsp3) is 0.462. The summed E-state index contributed by atoms with van der Waals surface area (Å²) in [6.45, 7) is 2.46.